The Hall–Kier alpha value is -2.11. The molecule has 1 aliphatic rings. The van der Waals surface area contributed by atoms with Gasteiger partial charge >= 0.3 is 0 Å². The van der Waals surface area contributed by atoms with Crippen LogP contribution in [0.2, 0.25) is 5.02 Å². The average molecular weight is 359 g/mol. The Kier molecular flexibility index (Phi) is 5.56. The van der Waals surface area contributed by atoms with Crippen LogP contribution in [0.3, 0.4) is 0 Å². The van der Waals surface area contributed by atoms with Crippen LogP contribution in [0.5, 0.6) is 0 Å². The van der Waals surface area contributed by atoms with Crippen LogP contribution in [0.1, 0.15) is 23.2 Å². The summed E-state index contributed by atoms with van der Waals surface area (Å²) in [5, 5.41) is 6.77. The van der Waals surface area contributed by atoms with Gasteiger partial charge in [-0.25, -0.2) is 4.98 Å². The topological polar surface area (TPSA) is 57.3 Å². The maximum absolute atomic E-state index is 12.3. The number of likely N-dealkylation sites (N-methyl/N-ethyl adjacent to an activating group) is 1. The number of carbonyl (C=O) groups excluding carboxylic acids is 1. The van der Waals surface area contributed by atoms with E-state index >= 15 is 0 Å². The van der Waals surface area contributed by atoms with Crippen LogP contribution < -0.4 is 10.6 Å². The number of nitrogens with zero attached hydrogens (tertiary/aromatic N) is 2. The van der Waals surface area contributed by atoms with Gasteiger partial charge in [-0.2, -0.15) is 0 Å². The van der Waals surface area contributed by atoms with Crippen molar-refractivity contribution in [3.8, 4) is 0 Å². The highest BCUT2D eigenvalue weighted by Crippen LogP contribution is 2.34. The average Bonchev–Trinajstić information content (AvgIpc) is 3.40. The van der Waals surface area contributed by atoms with Gasteiger partial charge in [0.15, 0.2) is 0 Å². The van der Waals surface area contributed by atoms with E-state index in [9.17, 15) is 4.79 Å². The minimum Gasteiger partial charge on any atom is -0.368 e. The molecule has 1 amide bonds. The number of carbonyl (C=O) groups is 1. The molecule has 3 rings (SSSR count). The molecular weight excluding hydrogens is 336 g/mol. The van der Waals surface area contributed by atoms with Crippen LogP contribution in [0, 0.1) is 5.92 Å². The molecule has 0 bridgehead atoms. The van der Waals surface area contributed by atoms with Gasteiger partial charge in [0.05, 0.1) is 5.56 Å². The van der Waals surface area contributed by atoms with Gasteiger partial charge in [0.25, 0.3) is 5.91 Å². The molecule has 0 aliphatic heterocycles. The third-order valence-electron chi connectivity index (χ3n) is 4.43. The molecule has 0 radical (unpaired) electrons. The summed E-state index contributed by atoms with van der Waals surface area (Å²) in [5.41, 5.74) is 1.18. The summed E-state index contributed by atoms with van der Waals surface area (Å²) in [4.78, 5) is 18.9. The molecule has 1 aromatic carbocycles. The standard InChI is InChI=1S/C19H23ClN4O/c1-24(2)17(13-6-7-13)12-22-18-9-8-14(11-21-18)19(25)23-16-5-3-4-15(20)10-16/h3-5,8-11,13,17H,6-7,12H2,1-2H3,(H,21,22)(H,23,25). The molecule has 2 aromatic rings. The zero-order valence-electron chi connectivity index (χ0n) is 14.5. The number of hydrogen-bond donors (Lipinski definition) is 2. The van der Waals surface area contributed by atoms with E-state index in [2.05, 4.69) is 34.6 Å². The summed E-state index contributed by atoms with van der Waals surface area (Å²) in [6.45, 7) is 0.860. The SMILES string of the molecule is CN(C)C(CNc1ccc(C(=O)Nc2cccc(Cl)c2)cn1)C1CC1. The number of amides is 1. The third-order valence-corrected chi connectivity index (χ3v) is 4.67. The number of rotatable bonds is 7. The molecule has 132 valence electrons. The van der Waals surface area contributed by atoms with Crippen molar-refractivity contribution >= 4 is 29.0 Å². The van der Waals surface area contributed by atoms with E-state index in [4.69, 9.17) is 11.6 Å². The number of halogens is 1. The molecule has 1 heterocycles. The second-order valence-corrected chi connectivity index (χ2v) is 7.08. The van der Waals surface area contributed by atoms with Crippen molar-refractivity contribution < 1.29 is 4.79 Å². The van der Waals surface area contributed by atoms with E-state index in [1.807, 2.05) is 6.07 Å². The summed E-state index contributed by atoms with van der Waals surface area (Å²) in [6, 6.07) is 11.2. The molecule has 1 saturated carbocycles. The largest absolute Gasteiger partial charge is 0.368 e. The Bertz CT molecular complexity index is 726. The zero-order valence-corrected chi connectivity index (χ0v) is 15.3. The predicted octanol–water partition coefficient (Wildman–Crippen LogP) is 3.74. The number of hydrogen-bond acceptors (Lipinski definition) is 4. The first kappa shape index (κ1) is 17.7. The van der Waals surface area contributed by atoms with Gasteiger partial charge in [0, 0.05) is 29.5 Å². The van der Waals surface area contributed by atoms with Gasteiger partial charge in [-0.15, -0.1) is 0 Å². The second kappa shape index (κ2) is 7.85. The van der Waals surface area contributed by atoms with Crippen LogP contribution in [-0.4, -0.2) is 42.5 Å². The van der Waals surface area contributed by atoms with Gasteiger partial charge in [-0.3, -0.25) is 4.79 Å². The Balaban J connectivity index is 1.57. The molecule has 5 nitrogen and oxygen atoms in total. The highest BCUT2D eigenvalue weighted by atomic mass is 35.5. The molecule has 1 atom stereocenters. The molecular formula is C19H23ClN4O. The van der Waals surface area contributed by atoms with Gasteiger partial charge in [-0.05, 0) is 63.2 Å². The lowest BCUT2D eigenvalue weighted by molar-refractivity contribution is 0.102. The highest BCUT2D eigenvalue weighted by Gasteiger charge is 2.32. The normalized spacial score (nSPS) is 15.0. The number of nitrogens with one attached hydrogen (secondary N) is 2. The van der Waals surface area contributed by atoms with E-state index in [0.717, 1.165) is 18.3 Å². The minimum atomic E-state index is -0.203. The van der Waals surface area contributed by atoms with E-state index in [0.29, 0.717) is 22.3 Å². The first-order valence-electron chi connectivity index (χ1n) is 8.46. The summed E-state index contributed by atoms with van der Waals surface area (Å²) in [6.07, 6.45) is 4.20. The summed E-state index contributed by atoms with van der Waals surface area (Å²) in [5.74, 6) is 1.36. The number of aromatic nitrogens is 1. The molecule has 1 unspecified atom stereocenters. The number of anilines is 2. The highest BCUT2D eigenvalue weighted by molar-refractivity contribution is 6.30. The molecule has 1 aromatic heterocycles. The van der Waals surface area contributed by atoms with Crippen molar-refractivity contribution in [1.29, 1.82) is 0 Å². The first-order valence-corrected chi connectivity index (χ1v) is 8.84. The Morgan fingerprint density at radius 3 is 2.72 bits per heavy atom. The lowest BCUT2D eigenvalue weighted by atomic mass is 10.1. The van der Waals surface area contributed by atoms with Gasteiger partial charge in [0.2, 0.25) is 0 Å². The van der Waals surface area contributed by atoms with E-state index in [1.54, 1.807) is 36.5 Å². The van der Waals surface area contributed by atoms with Crippen molar-refractivity contribution in [2.24, 2.45) is 5.92 Å². The smallest absolute Gasteiger partial charge is 0.257 e. The minimum absolute atomic E-state index is 0.203. The summed E-state index contributed by atoms with van der Waals surface area (Å²) in [7, 11) is 4.22. The molecule has 2 N–H and O–H groups in total. The van der Waals surface area contributed by atoms with E-state index in [1.165, 1.54) is 12.8 Å². The maximum atomic E-state index is 12.3. The monoisotopic (exact) mass is 358 g/mol. The van der Waals surface area contributed by atoms with Crippen molar-refractivity contribution in [3.63, 3.8) is 0 Å². The van der Waals surface area contributed by atoms with Crippen molar-refractivity contribution in [2.75, 3.05) is 31.3 Å². The van der Waals surface area contributed by atoms with Gasteiger partial charge < -0.3 is 15.5 Å². The van der Waals surface area contributed by atoms with Crippen molar-refractivity contribution in [3.05, 3.63) is 53.2 Å². The fraction of sp³-hybridized carbons (Fsp3) is 0.368. The van der Waals surface area contributed by atoms with Crippen LogP contribution >= 0.6 is 11.6 Å². The van der Waals surface area contributed by atoms with Crippen molar-refractivity contribution in [1.82, 2.24) is 9.88 Å². The maximum Gasteiger partial charge on any atom is 0.257 e. The second-order valence-electron chi connectivity index (χ2n) is 6.65. The van der Waals surface area contributed by atoms with Crippen LogP contribution in [0.15, 0.2) is 42.6 Å². The van der Waals surface area contributed by atoms with Crippen LogP contribution in [0.4, 0.5) is 11.5 Å². The zero-order chi connectivity index (χ0) is 17.8. The van der Waals surface area contributed by atoms with E-state index < -0.39 is 0 Å². The summed E-state index contributed by atoms with van der Waals surface area (Å²) >= 11 is 5.93. The molecule has 0 spiro atoms. The van der Waals surface area contributed by atoms with Gasteiger partial charge in [0.1, 0.15) is 5.82 Å². The van der Waals surface area contributed by atoms with E-state index in [-0.39, 0.29) is 5.91 Å². The van der Waals surface area contributed by atoms with Crippen molar-refractivity contribution in [2.45, 2.75) is 18.9 Å². The van der Waals surface area contributed by atoms with Gasteiger partial charge in [-0.1, -0.05) is 17.7 Å². The predicted molar refractivity (Wildman–Crippen MR) is 102 cm³/mol. The molecule has 0 saturated heterocycles. The fourth-order valence-corrected chi connectivity index (χ4v) is 3.05. The molecule has 1 fully saturated rings. The third kappa shape index (κ3) is 4.94. The number of benzene rings is 1. The first-order chi connectivity index (χ1) is 12.0. The fourth-order valence-electron chi connectivity index (χ4n) is 2.86. The number of pyridine rings is 1. The Morgan fingerprint density at radius 1 is 1.32 bits per heavy atom. The molecule has 1 aliphatic carbocycles. The Morgan fingerprint density at radius 2 is 2.12 bits per heavy atom. The van der Waals surface area contributed by atoms with Crippen LogP contribution in [0.25, 0.3) is 0 Å². The Labute approximate surface area is 153 Å². The molecule has 6 heteroatoms. The summed E-state index contributed by atoms with van der Waals surface area (Å²) < 4.78 is 0. The van der Waals surface area contributed by atoms with Crippen LogP contribution in [-0.2, 0) is 0 Å². The quantitative estimate of drug-likeness (QED) is 0.791. The lowest BCUT2D eigenvalue weighted by Gasteiger charge is -2.24. The lowest BCUT2D eigenvalue weighted by Crippen LogP contribution is -2.36. The molecule has 25 heavy (non-hydrogen) atoms.